The molecule has 86 valence electrons. The molecule has 0 aliphatic carbocycles. The van der Waals surface area contributed by atoms with E-state index in [1.807, 2.05) is 0 Å². The van der Waals surface area contributed by atoms with Crippen molar-refractivity contribution >= 4 is 39.0 Å². The Labute approximate surface area is 105 Å². The quantitative estimate of drug-likeness (QED) is 0.486. The van der Waals surface area contributed by atoms with Gasteiger partial charge < -0.3 is 9.47 Å². The van der Waals surface area contributed by atoms with Crippen molar-refractivity contribution in [3.63, 3.8) is 0 Å². The van der Waals surface area contributed by atoms with Gasteiger partial charge in [0, 0.05) is 0 Å². The SMILES string of the molecule is COC(=O)C1(C(=O)c2ccc(Br)s2)COC1. The molecule has 4 nitrogen and oxygen atoms in total. The second kappa shape index (κ2) is 4.27. The van der Waals surface area contributed by atoms with Crippen LogP contribution in [0.2, 0.25) is 0 Å². The van der Waals surface area contributed by atoms with Crippen molar-refractivity contribution in [2.24, 2.45) is 5.41 Å². The average Bonchev–Trinajstić information content (AvgIpc) is 2.62. The first-order chi connectivity index (χ1) is 7.60. The molecule has 1 aromatic rings. The highest BCUT2D eigenvalue weighted by molar-refractivity contribution is 9.11. The lowest BCUT2D eigenvalue weighted by Crippen LogP contribution is -2.55. The molecule has 0 amide bonds. The first-order valence-corrected chi connectivity index (χ1v) is 6.17. The van der Waals surface area contributed by atoms with E-state index in [4.69, 9.17) is 4.74 Å². The second-order valence-electron chi connectivity index (χ2n) is 3.50. The van der Waals surface area contributed by atoms with Gasteiger partial charge in [-0.2, -0.15) is 0 Å². The number of hydrogen-bond acceptors (Lipinski definition) is 5. The van der Waals surface area contributed by atoms with E-state index in [9.17, 15) is 9.59 Å². The van der Waals surface area contributed by atoms with Crippen LogP contribution in [-0.2, 0) is 14.3 Å². The number of ketones is 1. The molecule has 6 heteroatoms. The van der Waals surface area contributed by atoms with Gasteiger partial charge in [0.05, 0.1) is 29.0 Å². The Kier molecular flexibility index (Phi) is 3.14. The fourth-order valence-corrected chi connectivity index (χ4v) is 2.94. The monoisotopic (exact) mass is 304 g/mol. The summed E-state index contributed by atoms with van der Waals surface area (Å²) >= 11 is 4.58. The zero-order valence-corrected chi connectivity index (χ0v) is 10.9. The minimum absolute atomic E-state index is 0.105. The van der Waals surface area contributed by atoms with Gasteiger partial charge in [0.2, 0.25) is 0 Å². The zero-order chi connectivity index (χ0) is 11.8. The molecule has 0 saturated carbocycles. The van der Waals surface area contributed by atoms with E-state index < -0.39 is 11.4 Å². The molecular formula is C10H9BrO4S. The van der Waals surface area contributed by atoms with E-state index in [-0.39, 0.29) is 19.0 Å². The highest BCUT2D eigenvalue weighted by Crippen LogP contribution is 2.36. The number of hydrogen-bond donors (Lipinski definition) is 0. The lowest BCUT2D eigenvalue weighted by molar-refractivity contribution is -0.172. The maximum Gasteiger partial charge on any atom is 0.324 e. The molecule has 1 saturated heterocycles. The fourth-order valence-electron chi connectivity index (χ4n) is 1.52. The van der Waals surface area contributed by atoms with Crippen molar-refractivity contribution in [1.29, 1.82) is 0 Å². The highest BCUT2D eigenvalue weighted by atomic mass is 79.9. The summed E-state index contributed by atoms with van der Waals surface area (Å²) in [5.74, 6) is -0.741. The van der Waals surface area contributed by atoms with Crippen LogP contribution in [0.5, 0.6) is 0 Å². The molecule has 16 heavy (non-hydrogen) atoms. The number of Topliss-reactive ketones (excluding diaryl/α,β-unsaturated/α-hetero) is 1. The van der Waals surface area contributed by atoms with Crippen LogP contribution < -0.4 is 0 Å². The molecule has 0 spiro atoms. The third-order valence-electron chi connectivity index (χ3n) is 2.50. The van der Waals surface area contributed by atoms with Gasteiger partial charge >= 0.3 is 5.97 Å². The summed E-state index contributed by atoms with van der Waals surface area (Å²) in [5, 5.41) is 0. The molecule has 2 rings (SSSR count). The predicted octanol–water partition coefficient (Wildman–Crippen LogP) is 1.88. The number of halogens is 1. The summed E-state index contributed by atoms with van der Waals surface area (Å²) < 4.78 is 10.5. The maximum absolute atomic E-state index is 12.2. The molecule has 1 aliphatic heterocycles. The van der Waals surface area contributed by atoms with E-state index in [1.54, 1.807) is 12.1 Å². The molecule has 0 aromatic carbocycles. The first-order valence-electron chi connectivity index (χ1n) is 4.56. The topological polar surface area (TPSA) is 52.6 Å². The summed E-state index contributed by atoms with van der Waals surface area (Å²) in [7, 11) is 1.28. The Bertz CT molecular complexity index is 436. The van der Waals surface area contributed by atoms with Gasteiger partial charge in [-0.25, -0.2) is 0 Å². The van der Waals surface area contributed by atoms with Crippen LogP contribution in [0.1, 0.15) is 9.67 Å². The van der Waals surface area contributed by atoms with Crippen LogP contribution in [-0.4, -0.2) is 32.1 Å². The first kappa shape index (κ1) is 11.8. The van der Waals surface area contributed by atoms with Crippen molar-refractivity contribution in [3.8, 4) is 0 Å². The van der Waals surface area contributed by atoms with E-state index in [2.05, 4.69) is 20.7 Å². The Balaban J connectivity index is 2.29. The summed E-state index contributed by atoms with van der Waals surface area (Å²) in [6.45, 7) is 0.210. The number of rotatable bonds is 3. The molecule has 2 heterocycles. The summed E-state index contributed by atoms with van der Waals surface area (Å²) in [6.07, 6.45) is 0. The molecule has 1 fully saturated rings. The molecule has 0 N–H and O–H groups in total. The Morgan fingerprint density at radius 2 is 2.19 bits per heavy atom. The molecule has 0 bridgehead atoms. The van der Waals surface area contributed by atoms with Crippen LogP contribution in [0.3, 0.4) is 0 Å². The largest absolute Gasteiger partial charge is 0.468 e. The van der Waals surface area contributed by atoms with E-state index in [0.29, 0.717) is 4.88 Å². The molecule has 1 aromatic heterocycles. The second-order valence-corrected chi connectivity index (χ2v) is 5.96. The number of methoxy groups -OCH3 is 1. The number of esters is 1. The normalized spacial score (nSPS) is 17.6. The Morgan fingerprint density at radius 3 is 2.56 bits per heavy atom. The zero-order valence-electron chi connectivity index (χ0n) is 8.49. The minimum atomic E-state index is -1.13. The summed E-state index contributed by atoms with van der Waals surface area (Å²) in [5.41, 5.74) is -1.13. The molecular weight excluding hydrogens is 296 g/mol. The van der Waals surface area contributed by atoms with Gasteiger partial charge in [-0.15, -0.1) is 11.3 Å². The van der Waals surface area contributed by atoms with Crippen molar-refractivity contribution in [1.82, 2.24) is 0 Å². The van der Waals surface area contributed by atoms with Crippen molar-refractivity contribution in [2.45, 2.75) is 0 Å². The van der Waals surface area contributed by atoms with Crippen molar-refractivity contribution < 1.29 is 19.1 Å². The Hall–Kier alpha value is -0.720. The number of carbonyl (C=O) groups excluding carboxylic acids is 2. The highest BCUT2D eigenvalue weighted by Gasteiger charge is 2.54. The fraction of sp³-hybridized carbons (Fsp3) is 0.400. The molecule has 0 unspecified atom stereocenters. The van der Waals surface area contributed by atoms with Crippen LogP contribution in [0.4, 0.5) is 0 Å². The number of thiophene rings is 1. The number of carbonyl (C=O) groups is 2. The lowest BCUT2D eigenvalue weighted by Gasteiger charge is -2.36. The van der Waals surface area contributed by atoms with Crippen molar-refractivity contribution in [2.75, 3.05) is 20.3 Å². The predicted molar refractivity (Wildman–Crippen MR) is 61.6 cm³/mol. The standard InChI is InChI=1S/C10H9BrO4S/c1-14-9(13)10(4-15-5-10)8(12)6-2-3-7(11)16-6/h2-3H,4-5H2,1H3. The van der Waals surface area contributed by atoms with Crippen LogP contribution >= 0.6 is 27.3 Å². The van der Waals surface area contributed by atoms with Gasteiger partial charge in [-0.05, 0) is 28.1 Å². The van der Waals surface area contributed by atoms with Crippen LogP contribution in [0.15, 0.2) is 15.9 Å². The molecule has 1 aliphatic rings. The van der Waals surface area contributed by atoms with Crippen molar-refractivity contribution in [3.05, 3.63) is 20.8 Å². The lowest BCUT2D eigenvalue weighted by atomic mass is 9.81. The third-order valence-corrected chi connectivity index (χ3v) is 4.13. The summed E-state index contributed by atoms with van der Waals surface area (Å²) in [4.78, 5) is 24.3. The maximum atomic E-state index is 12.2. The van der Waals surface area contributed by atoms with Gasteiger partial charge in [-0.1, -0.05) is 0 Å². The Morgan fingerprint density at radius 1 is 1.50 bits per heavy atom. The van der Waals surface area contributed by atoms with Crippen LogP contribution in [0, 0.1) is 5.41 Å². The number of ether oxygens (including phenoxy) is 2. The van der Waals surface area contributed by atoms with E-state index >= 15 is 0 Å². The minimum Gasteiger partial charge on any atom is -0.468 e. The average molecular weight is 305 g/mol. The van der Waals surface area contributed by atoms with Gasteiger partial charge in [0.25, 0.3) is 0 Å². The third kappa shape index (κ3) is 1.70. The van der Waals surface area contributed by atoms with Gasteiger partial charge in [0.15, 0.2) is 11.2 Å². The van der Waals surface area contributed by atoms with E-state index in [0.717, 1.165) is 3.79 Å². The molecule has 0 radical (unpaired) electrons. The van der Waals surface area contributed by atoms with Gasteiger partial charge in [0.1, 0.15) is 0 Å². The van der Waals surface area contributed by atoms with Crippen LogP contribution in [0.25, 0.3) is 0 Å². The van der Waals surface area contributed by atoms with E-state index in [1.165, 1.54) is 18.4 Å². The smallest absolute Gasteiger partial charge is 0.324 e. The molecule has 0 atom stereocenters. The van der Waals surface area contributed by atoms with Gasteiger partial charge in [-0.3, -0.25) is 9.59 Å². The summed E-state index contributed by atoms with van der Waals surface area (Å²) in [6, 6.07) is 3.47.